The number of anilines is 3. The minimum Gasteiger partial charge on any atom is -0.455 e. The molecule has 286 valence electrons. The van der Waals surface area contributed by atoms with Crippen molar-refractivity contribution in [2.24, 2.45) is 0 Å². The van der Waals surface area contributed by atoms with Gasteiger partial charge in [-0.25, -0.2) is 0 Å². The number of aromatic nitrogens is 1. The van der Waals surface area contributed by atoms with Crippen molar-refractivity contribution < 1.29 is 4.42 Å². The van der Waals surface area contributed by atoms with E-state index in [2.05, 4.69) is 240 Å². The van der Waals surface area contributed by atoms with Crippen LogP contribution in [-0.2, 0) is 0 Å². The second-order valence-corrected chi connectivity index (χ2v) is 15.7. The molecule has 3 heteroatoms. The fourth-order valence-electron chi connectivity index (χ4n) is 9.32. The Hall–Kier alpha value is -8.14. The molecule has 0 unspecified atom stereocenters. The molecule has 0 aliphatic rings. The molecule has 3 nitrogen and oxygen atoms in total. The first kappa shape index (κ1) is 34.9. The second kappa shape index (κ2) is 14.3. The Bertz CT molecular complexity index is 3570. The lowest BCUT2D eigenvalue weighted by molar-refractivity contribution is 0.674. The van der Waals surface area contributed by atoms with E-state index in [0.717, 1.165) is 77.7 Å². The van der Waals surface area contributed by atoms with Crippen molar-refractivity contribution in [2.75, 3.05) is 4.90 Å². The number of nitrogens with zero attached hydrogens (tertiary/aromatic N) is 2. The molecular weight excluding hydrogens is 741 g/mol. The van der Waals surface area contributed by atoms with Crippen LogP contribution in [0.1, 0.15) is 0 Å². The molecule has 0 N–H and O–H groups in total. The van der Waals surface area contributed by atoms with Crippen LogP contribution in [0.3, 0.4) is 0 Å². The second-order valence-electron chi connectivity index (χ2n) is 15.7. The van der Waals surface area contributed by atoms with Crippen LogP contribution in [0.4, 0.5) is 17.1 Å². The van der Waals surface area contributed by atoms with Crippen molar-refractivity contribution >= 4 is 71.6 Å². The number of furan rings is 1. The molecule has 0 aliphatic carbocycles. The van der Waals surface area contributed by atoms with E-state index in [0.29, 0.717) is 0 Å². The van der Waals surface area contributed by atoms with Crippen LogP contribution in [0.15, 0.2) is 235 Å². The van der Waals surface area contributed by atoms with Crippen molar-refractivity contribution in [3.63, 3.8) is 0 Å². The number of rotatable bonds is 7. The zero-order valence-corrected chi connectivity index (χ0v) is 33.2. The predicted molar refractivity (Wildman–Crippen MR) is 257 cm³/mol. The predicted octanol–water partition coefficient (Wildman–Crippen LogP) is 16.3. The number of hydrogen-bond donors (Lipinski definition) is 0. The van der Waals surface area contributed by atoms with Gasteiger partial charge in [-0.3, -0.25) is 0 Å². The summed E-state index contributed by atoms with van der Waals surface area (Å²) in [5.41, 5.74) is 15.4. The summed E-state index contributed by atoms with van der Waals surface area (Å²) in [6.07, 6.45) is 0. The molecule has 0 atom stereocenters. The summed E-state index contributed by atoms with van der Waals surface area (Å²) in [4.78, 5) is 2.44. The van der Waals surface area contributed by atoms with E-state index in [4.69, 9.17) is 4.42 Å². The van der Waals surface area contributed by atoms with Gasteiger partial charge in [0.25, 0.3) is 0 Å². The standard InChI is InChI=1S/C58H38N2O/c1-4-16-39(17-5-1)41-30-32-42(33-31-41)47-27-15-28-52-53-38-56(49-25-10-11-26-51(49)58(53)61-57(47)52)59(45-23-14-20-43(36-45)40-18-6-2-7-19-40)46-34-35-50-48-24-12-13-29-54(48)60(55(50)37-46)44-21-8-3-9-22-44/h1-38H. The molecule has 10 aromatic carbocycles. The van der Waals surface area contributed by atoms with Gasteiger partial charge in [0.1, 0.15) is 11.2 Å². The van der Waals surface area contributed by atoms with Crippen molar-refractivity contribution in [2.45, 2.75) is 0 Å². The van der Waals surface area contributed by atoms with Crippen LogP contribution in [0.2, 0.25) is 0 Å². The van der Waals surface area contributed by atoms with Gasteiger partial charge in [-0.2, -0.15) is 0 Å². The van der Waals surface area contributed by atoms with Gasteiger partial charge in [0, 0.05) is 54.9 Å². The van der Waals surface area contributed by atoms with E-state index < -0.39 is 0 Å². The fraction of sp³-hybridized carbons (Fsp3) is 0. The first-order valence-corrected chi connectivity index (χ1v) is 20.8. The molecule has 0 saturated heterocycles. The molecule has 12 aromatic rings. The maximum absolute atomic E-state index is 7.02. The first-order valence-electron chi connectivity index (χ1n) is 20.8. The molecule has 0 saturated carbocycles. The van der Waals surface area contributed by atoms with E-state index in [1.807, 2.05) is 0 Å². The molecule has 0 aliphatic heterocycles. The molecule has 61 heavy (non-hydrogen) atoms. The highest BCUT2D eigenvalue weighted by molar-refractivity contribution is 6.21. The van der Waals surface area contributed by atoms with Crippen LogP contribution >= 0.6 is 0 Å². The lowest BCUT2D eigenvalue weighted by atomic mass is 9.98. The first-order chi connectivity index (χ1) is 30.3. The van der Waals surface area contributed by atoms with Crippen molar-refractivity contribution in [3.05, 3.63) is 231 Å². The third-order valence-corrected chi connectivity index (χ3v) is 12.2. The lowest BCUT2D eigenvalue weighted by Gasteiger charge is -2.28. The highest BCUT2D eigenvalue weighted by Gasteiger charge is 2.23. The number of benzene rings is 10. The van der Waals surface area contributed by atoms with Gasteiger partial charge in [-0.05, 0) is 76.3 Å². The molecular formula is C58H38N2O. The molecule has 12 rings (SSSR count). The van der Waals surface area contributed by atoms with Gasteiger partial charge in [-0.1, -0.05) is 182 Å². The maximum Gasteiger partial charge on any atom is 0.143 e. The molecule has 0 bridgehead atoms. The molecule has 0 radical (unpaired) electrons. The molecule has 0 amide bonds. The number of para-hydroxylation sites is 3. The van der Waals surface area contributed by atoms with Crippen LogP contribution in [0.25, 0.3) is 93.6 Å². The summed E-state index contributed by atoms with van der Waals surface area (Å²) in [7, 11) is 0. The summed E-state index contributed by atoms with van der Waals surface area (Å²) in [6.45, 7) is 0. The van der Waals surface area contributed by atoms with E-state index in [1.54, 1.807) is 0 Å². The monoisotopic (exact) mass is 778 g/mol. The average Bonchev–Trinajstić information content (AvgIpc) is 3.88. The van der Waals surface area contributed by atoms with E-state index in [9.17, 15) is 0 Å². The van der Waals surface area contributed by atoms with Crippen LogP contribution in [0, 0.1) is 0 Å². The van der Waals surface area contributed by atoms with E-state index in [-0.39, 0.29) is 0 Å². The molecule has 2 heterocycles. The van der Waals surface area contributed by atoms with Gasteiger partial charge in [0.15, 0.2) is 0 Å². The van der Waals surface area contributed by atoms with E-state index >= 15 is 0 Å². The Labute approximate surface area is 353 Å². The lowest BCUT2D eigenvalue weighted by Crippen LogP contribution is -2.11. The summed E-state index contributed by atoms with van der Waals surface area (Å²) >= 11 is 0. The van der Waals surface area contributed by atoms with Gasteiger partial charge in [0.2, 0.25) is 0 Å². The van der Waals surface area contributed by atoms with Crippen LogP contribution < -0.4 is 4.90 Å². The molecule has 0 fully saturated rings. The van der Waals surface area contributed by atoms with Gasteiger partial charge < -0.3 is 13.9 Å². The quantitative estimate of drug-likeness (QED) is 0.161. The van der Waals surface area contributed by atoms with Gasteiger partial charge in [-0.15, -0.1) is 0 Å². The third kappa shape index (κ3) is 5.82. The Kier molecular flexibility index (Phi) is 8.17. The minimum atomic E-state index is 0.888. The maximum atomic E-state index is 7.02. The number of hydrogen-bond acceptors (Lipinski definition) is 2. The zero-order valence-electron chi connectivity index (χ0n) is 33.2. The molecule has 0 spiro atoms. The highest BCUT2D eigenvalue weighted by Crippen LogP contribution is 2.47. The smallest absolute Gasteiger partial charge is 0.143 e. The summed E-state index contributed by atoms with van der Waals surface area (Å²) in [6, 6.07) is 82.8. The Morgan fingerprint density at radius 2 is 0.852 bits per heavy atom. The SMILES string of the molecule is c1ccc(-c2ccc(-c3cccc4c3oc3c5ccccc5c(N(c5cccc(-c6ccccc6)c5)c5ccc6c7ccccc7n(-c7ccccc7)c6c5)cc43)cc2)cc1. The molecule has 2 aromatic heterocycles. The summed E-state index contributed by atoms with van der Waals surface area (Å²) < 4.78 is 9.42. The Morgan fingerprint density at radius 1 is 0.311 bits per heavy atom. The van der Waals surface area contributed by atoms with Crippen LogP contribution in [0.5, 0.6) is 0 Å². The van der Waals surface area contributed by atoms with Crippen molar-refractivity contribution in [3.8, 4) is 39.1 Å². The third-order valence-electron chi connectivity index (χ3n) is 12.2. The van der Waals surface area contributed by atoms with Crippen molar-refractivity contribution in [1.82, 2.24) is 4.57 Å². The number of fused-ring (bicyclic) bond motifs is 8. The Balaban J connectivity index is 1.11. The largest absolute Gasteiger partial charge is 0.455 e. The van der Waals surface area contributed by atoms with Crippen LogP contribution in [-0.4, -0.2) is 4.57 Å². The normalized spacial score (nSPS) is 11.6. The van der Waals surface area contributed by atoms with Crippen molar-refractivity contribution in [1.29, 1.82) is 0 Å². The van der Waals surface area contributed by atoms with Gasteiger partial charge >= 0.3 is 0 Å². The fourth-order valence-corrected chi connectivity index (χ4v) is 9.32. The average molecular weight is 779 g/mol. The van der Waals surface area contributed by atoms with E-state index in [1.165, 1.54) is 33.0 Å². The summed E-state index contributed by atoms with van der Waals surface area (Å²) in [5.74, 6) is 0. The minimum absolute atomic E-state index is 0.888. The van der Waals surface area contributed by atoms with Gasteiger partial charge in [0.05, 0.1) is 16.7 Å². The Morgan fingerprint density at radius 3 is 1.62 bits per heavy atom. The summed E-state index contributed by atoms with van der Waals surface area (Å²) in [5, 5.41) is 6.79. The topological polar surface area (TPSA) is 21.3 Å². The highest BCUT2D eigenvalue weighted by atomic mass is 16.3. The zero-order chi connectivity index (χ0) is 40.3.